The molecule has 0 amide bonds. The van der Waals surface area contributed by atoms with Crippen LogP contribution in [0.2, 0.25) is 0 Å². The van der Waals surface area contributed by atoms with Crippen LogP contribution in [0.3, 0.4) is 0 Å². The van der Waals surface area contributed by atoms with E-state index in [0.717, 1.165) is 49.6 Å². The van der Waals surface area contributed by atoms with E-state index in [-0.39, 0.29) is 11.5 Å². The molecule has 1 aromatic heterocycles. The highest BCUT2D eigenvalue weighted by Gasteiger charge is 2.26. The molecule has 190 valence electrons. The molecule has 2 aliphatic heterocycles. The topological polar surface area (TPSA) is 63.5 Å². The standard InChI is InChI=1S/C29H37N5O2/c1-36-25-15-13-23(14-16-25)26(21-32-17-7-3-8-18-32)27-29(35)34(22-33-19-9-4-10-20-33)31-28(30-27)24-11-5-2-6-12-24/h2,5-6,11-16,26H,3-4,7-10,17-22H2,1H3/t26-/m1/s1. The molecule has 7 heteroatoms. The zero-order valence-corrected chi connectivity index (χ0v) is 21.3. The molecule has 0 aliphatic carbocycles. The van der Waals surface area contributed by atoms with Crippen LogP contribution < -0.4 is 10.3 Å². The molecule has 36 heavy (non-hydrogen) atoms. The Kier molecular flexibility index (Phi) is 8.08. The quantitative estimate of drug-likeness (QED) is 0.470. The third-order valence-corrected chi connectivity index (χ3v) is 7.45. The van der Waals surface area contributed by atoms with Gasteiger partial charge in [0.05, 0.1) is 13.8 Å². The lowest BCUT2D eigenvalue weighted by Gasteiger charge is -2.31. The lowest BCUT2D eigenvalue weighted by molar-refractivity contribution is 0.168. The van der Waals surface area contributed by atoms with Crippen LogP contribution in [-0.2, 0) is 6.67 Å². The van der Waals surface area contributed by atoms with Crippen molar-refractivity contribution in [2.45, 2.75) is 51.1 Å². The van der Waals surface area contributed by atoms with E-state index in [9.17, 15) is 4.79 Å². The Morgan fingerprint density at radius 1 is 0.833 bits per heavy atom. The Hall–Kier alpha value is -3.03. The number of rotatable bonds is 8. The second-order valence-electron chi connectivity index (χ2n) is 10.00. The van der Waals surface area contributed by atoms with Gasteiger partial charge in [0.25, 0.3) is 5.56 Å². The van der Waals surface area contributed by atoms with E-state index in [4.69, 9.17) is 14.8 Å². The number of likely N-dealkylation sites (tertiary alicyclic amines) is 2. The van der Waals surface area contributed by atoms with E-state index in [1.165, 1.54) is 38.5 Å². The Bertz CT molecular complexity index is 1170. The Labute approximate surface area is 213 Å². The lowest BCUT2D eigenvalue weighted by atomic mass is 9.94. The van der Waals surface area contributed by atoms with Crippen molar-refractivity contribution in [3.63, 3.8) is 0 Å². The van der Waals surface area contributed by atoms with Gasteiger partial charge in [0.1, 0.15) is 11.4 Å². The van der Waals surface area contributed by atoms with E-state index in [0.29, 0.717) is 18.2 Å². The van der Waals surface area contributed by atoms with Gasteiger partial charge in [-0.3, -0.25) is 9.69 Å². The molecule has 3 heterocycles. The van der Waals surface area contributed by atoms with Crippen molar-refractivity contribution in [3.8, 4) is 17.1 Å². The number of piperidine rings is 2. The van der Waals surface area contributed by atoms with E-state index >= 15 is 0 Å². The van der Waals surface area contributed by atoms with Crippen LogP contribution in [0.1, 0.15) is 55.7 Å². The fourth-order valence-corrected chi connectivity index (χ4v) is 5.38. The van der Waals surface area contributed by atoms with E-state index in [1.54, 1.807) is 11.8 Å². The molecule has 2 saturated heterocycles. The first-order valence-electron chi connectivity index (χ1n) is 13.3. The van der Waals surface area contributed by atoms with Crippen LogP contribution in [0, 0.1) is 0 Å². The predicted octanol–water partition coefficient (Wildman–Crippen LogP) is 4.38. The van der Waals surface area contributed by atoms with Gasteiger partial charge in [-0.15, -0.1) is 5.10 Å². The van der Waals surface area contributed by atoms with E-state index in [2.05, 4.69) is 21.9 Å². The number of aromatic nitrogens is 3. The zero-order chi connectivity index (χ0) is 24.7. The van der Waals surface area contributed by atoms with Crippen molar-refractivity contribution in [2.75, 3.05) is 39.8 Å². The summed E-state index contributed by atoms with van der Waals surface area (Å²) in [5.41, 5.74) is 2.51. The van der Waals surface area contributed by atoms with Crippen LogP contribution in [0.4, 0.5) is 0 Å². The van der Waals surface area contributed by atoms with Crippen molar-refractivity contribution in [1.29, 1.82) is 0 Å². The first-order valence-corrected chi connectivity index (χ1v) is 13.3. The maximum Gasteiger partial charge on any atom is 0.290 e. The minimum atomic E-state index is -0.139. The monoisotopic (exact) mass is 487 g/mol. The van der Waals surface area contributed by atoms with Gasteiger partial charge in [-0.05, 0) is 69.6 Å². The molecule has 1 atom stereocenters. The summed E-state index contributed by atoms with van der Waals surface area (Å²) in [5.74, 6) is 1.28. The highest BCUT2D eigenvalue weighted by molar-refractivity contribution is 5.54. The lowest BCUT2D eigenvalue weighted by Crippen LogP contribution is -2.41. The summed E-state index contributed by atoms with van der Waals surface area (Å²) in [6, 6.07) is 18.1. The van der Waals surface area contributed by atoms with Crippen LogP contribution in [0.25, 0.3) is 11.4 Å². The number of hydrogen-bond donors (Lipinski definition) is 0. The van der Waals surface area contributed by atoms with Gasteiger partial charge >= 0.3 is 0 Å². The second-order valence-corrected chi connectivity index (χ2v) is 10.00. The molecule has 2 fully saturated rings. The zero-order valence-electron chi connectivity index (χ0n) is 21.3. The summed E-state index contributed by atoms with van der Waals surface area (Å²) in [6.07, 6.45) is 7.27. The first kappa shape index (κ1) is 24.7. The smallest absolute Gasteiger partial charge is 0.290 e. The average molecular weight is 488 g/mol. The summed E-state index contributed by atoms with van der Waals surface area (Å²) in [7, 11) is 1.68. The molecule has 0 saturated carbocycles. The highest BCUT2D eigenvalue weighted by Crippen LogP contribution is 2.27. The molecule has 0 unspecified atom stereocenters. The molecule has 5 rings (SSSR count). The molecular weight excluding hydrogens is 450 g/mol. The van der Waals surface area contributed by atoms with Crippen LogP contribution in [0.5, 0.6) is 5.75 Å². The summed E-state index contributed by atoms with van der Waals surface area (Å²) >= 11 is 0. The fraction of sp³-hybridized carbons (Fsp3) is 0.483. The van der Waals surface area contributed by atoms with Gasteiger partial charge in [-0.25, -0.2) is 9.67 Å². The van der Waals surface area contributed by atoms with Gasteiger partial charge < -0.3 is 9.64 Å². The summed E-state index contributed by atoms with van der Waals surface area (Å²) in [6.45, 7) is 5.41. The second kappa shape index (κ2) is 11.8. The predicted molar refractivity (Wildman–Crippen MR) is 142 cm³/mol. The molecule has 0 spiro atoms. The normalized spacial score (nSPS) is 18.1. The number of hydrogen-bond acceptors (Lipinski definition) is 6. The third-order valence-electron chi connectivity index (χ3n) is 7.45. The molecular formula is C29H37N5O2. The van der Waals surface area contributed by atoms with Gasteiger partial charge in [0.15, 0.2) is 5.82 Å². The minimum absolute atomic E-state index is 0.0851. The third kappa shape index (κ3) is 5.85. The molecule has 0 N–H and O–H groups in total. The molecule has 3 aromatic rings. The number of benzene rings is 2. The van der Waals surface area contributed by atoms with E-state index in [1.807, 2.05) is 42.5 Å². The molecule has 7 nitrogen and oxygen atoms in total. The van der Waals surface area contributed by atoms with Crippen molar-refractivity contribution in [3.05, 3.63) is 76.2 Å². The maximum atomic E-state index is 14.0. The fourth-order valence-electron chi connectivity index (χ4n) is 5.38. The SMILES string of the molecule is COc1ccc([C@@H](CN2CCCCC2)c2nc(-c3ccccc3)nn(CN3CCCCC3)c2=O)cc1. The van der Waals surface area contributed by atoms with Crippen molar-refractivity contribution >= 4 is 0 Å². The largest absolute Gasteiger partial charge is 0.497 e. The van der Waals surface area contributed by atoms with Crippen LogP contribution in [0.15, 0.2) is 59.4 Å². The summed E-state index contributed by atoms with van der Waals surface area (Å²) in [5, 5.41) is 4.77. The molecule has 2 aromatic carbocycles. The van der Waals surface area contributed by atoms with Gasteiger partial charge in [0, 0.05) is 18.0 Å². The number of ether oxygens (including phenoxy) is 1. The van der Waals surface area contributed by atoms with Crippen molar-refractivity contribution in [2.24, 2.45) is 0 Å². The van der Waals surface area contributed by atoms with Crippen LogP contribution in [-0.4, -0.2) is 64.4 Å². The van der Waals surface area contributed by atoms with Crippen molar-refractivity contribution < 1.29 is 4.74 Å². The molecule has 0 bridgehead atoms. The Morgan fingerprint density at radius 2 is 1.47 bits per heavy atom. The van der Waals surface area contributed by atoms with Crippen molar-refractivity contribution in [1.82, 2.24) is 24.6 Å². The first-order chi connectivity index (χ1) is 17.7. The molecule has 0 radical (unpaired) electrons. The van der Waals surface area contributed by atoms with E-state index < -0.39 is 0 Å². The average Bonchev–Trinajstić information content (AvgIpc) is 2.95. The Balaban J connectivity index is 1.59. The summed E-state index contributed by atoms with van der Waals surface area (Å²) < 4.78 is 7.06. The minimum Gasteiger partial charge on any atom is -0.497 e. The number of nitrogens with zero attached hydrogens (tertiary/aromatic N) is 5. The van der Waals surface area contributed by atoms with Gasteiger partial charge in [-0.2, -0.15) is 0 Å². The van der Waals surface area contributed by atoms with Gasteiger partial charge in [-0.1, -0.05) is 55.3 Å². The highest BCUT2D eigenvalue weighted by atomic mass is 16.5. The Morgan fingerprint density at radius 3 is 2.11 bits per heavy atom. The molecule has 2 aliphatic rings. The summed E-state index contributed by atoms with van der Waals surface area (Å²) in [4.78, 5) is 23.8. The van der Waals surface area contributed by atoms with Gasteiger partial charge in [0.2, 0.25) is 0 Å². The number of methoxy groups -OCH3 is 1. The maximum absolute atomic E-state index is 14.0. The van der Waals surface area contributed by atoms with Crippen LogP contribution >= 0.6 is 0 Å².